The zero-order chi connectivity index (χ0) is 21.6. The highest BCUT2D eigenvalue weighted by Gasteiger charge is 2.56. The number of hydrogen-bond acceptors (Lipinski definition) is 0. The van der Waals surface area contributed by atoms with Crippen molar-refractivity contribution in [2.24, 2.45) is 34.5 Å². The van der Waals surface area contributed by atoms with E-state index < -0.39 is 0 Å². The number of nitrogens with zero attached hydrogens (tertiary/aromatic N) is 1. The van der Waals surface area contributed by atoms with Gasteiger partial charge in [0.1, 0.15) is 6.54 Å². The Bertz CT molecular complexity index is 766. The Morgan fingerprint density at radius 2 is 1.74 bits per heavy atom. The molecular formula is C29H46ClN. The van der Waals surface area contributed by atoms with E-state index in [0.29, 0.717) is 10.8 Å². The second-order valence-electron chi connectivity index (χ2n) is 12.7. The molecule has 31 heavy (non-hydrogen) atoms. The maximum atomic E-state index is 2.73. The van der Waals surface area contributed by atoms with Gasteiger partial charge in [-0.15, -0.1) is 0 Å². The van der Waals surface area contributed by atoms with Crippen LogP contribution in [0.5, 0.6) is 0 Å². The first-order valence-corrected chi connectivity index (χ1v) is 12.7. The maximum absolute atomic E-state index is 2.73. The lowest BCUT2D eigenvalue weighted by atomic mass is 9.46. The Kier molecular flexibility index (Phi) is 7.39. The molecule has 3 aliphatic rings. The third-order valence-electron chi connectivity index (χ3n) is 9.47. The largest absolute Gasteiger partial charge is 1.00 e. The van der Waals surface area contributed by atoms with Gasteiger partial charge in [-0.3, -0.25) is 0 Å². The van der Waals surface area contributed by atoms with Gasteiger partial charge in [0, 0.05) is 11.0 Å². The van der Waals surface area contributed by atoms with Crippen molar-refractivity contribution in [3.05, 3.63) is 47.5 Å². The summed E-state index contributed by atoms with van der Waals surface area (Å²) in [5.41, 5.74) is 4.29. The van der Waals surface area contributed by atoms with Crippen molar-refractivity contribution < 1.29 is 16.9 Å². The van der Waals surface area contributed by atoms with Crippen molar-refractivity contribution in [3.8, 4) is 0 Å². The number of hydrogen-bond donors (Lipinski definition) is 0. The molecule has 2 unspecified atom stereocenters. The van der Waals surface area contributed by atoms with Crippen LogP contribution < -0.4 is 12.4 Å². The summed E-state index contributed by atoms with van der Waals surface area (Å²) in [6, 6.07) is 11.1. The fourth-order valence-electron chi connectivity index (χ4n) is 8.22. The van der Waals surface area contributed by atoms with Gasteiger partial charge in [-0.25, -0.2) is 0 Å². The van der Waals surface area contributed by atoms with Gasteiger partial charge in [-0.05, 0) is 67.6 Å². The van der Waals surface area contributed by atoms with Crippen LogP contribution in [0.15, 0.2) is 42.0 Å². The topological polar surface area (TPSA) is 0 Å². The third-order valence-corrected chi connectivity index (χ3v) is 9.47. The summed E-state index contributed by atoms with van der Waals surface area (Å²) in [6.45, 7) is 12.7. The predicted octanol–water partition coefficient (Wildman–Crippen LogP) is 4.48. The van der Waals surface area contributed by atoms with Crippen molar-refractivity contribution in [3.63, 3.8) is 0 Å². The molecule has 0 bridgehead atoms. The molecule has 174 valence electrons. The van der Waals surface area contributed by atoms with E-state index in [1.165, 1.54) is 57.1 Å². The summed E-state index contributed by atoms with van der Waals surface area (Å²) in [6.07, 6.45) is 12.6. The van der Waals surface area contributed by atoms with Crippen molar-refractivity contribution in [1.29, 1.82) is 0 Å². The Morgan fingerprint density at radius 3 is 2.42 bits per heavy atom. The lowest BCUT2D eigenvalue weighted by molar-refractivity contribution is -0.911. The first-order valence-electron chi connectivity index (χ1n) is 12.7. The monoisotopic (exact) mass is 443 g/mol. The molecule has 2 fully saturated rings. The Balaban J connectivity index is 0.00000272. The van der Waals surface area contributed by atoms with Crippen LogP contribution in [0.1, 0.15) is 78.2 Å². The summed E-state index contributed by atoms with van der Waals surface area (Å²) in [5.74, 6) is 3.46. The summed E-state index contributed by atoms with van der Waals surface area (Å²) >= 11 is 0. The fourth-order valence-corrected chi connectivity index (χ4v) is 8.22. The lowest BCUT2D eigenvalue weighted by Crippen LogP contribution is -3.00. The van der Waals surface area contributed by atoms with Crippen molar-refractivity contribution in [2.75, 3.05) is 20.6 Å². The van der Waals surface area contributed by atoms with E-state index in [2.05, 4.69) is 78.2 Å². The summed E-state index contributed by atoms with van der Waals surface area (Å²) in [7, 11) is 4.92. The van der Waals surface area contributed by atoms with Crippen molar-refractivity contribution >= 4 is 0 Å². The highest BCUT2D eigenvalue weighted by atomic mass is 35.5. The van der Waals surface area contributed by atoms with Gasteiger partial charge in [0.25, 0.3) is 0 Å². The van der Waals surface area contributed by atoms with Crippen LogP contribution in [0, 0.1) is 34.5 Å². The van der Waals surface area contributed by atoms with Crippen molar-refractivity contribution in [1.82, 2.24) is 0 Å². The Labute approximate surface area is 198 Å². The quantitative estimate of drug-likeness (QED) is 0.464. The average Bonchev–Trinajstić information content (AvgIpc) is 2.67. The second kappa shape index (κ2) is 9.22. The first kappa shape index (κ1) is 24.8. The number of benzene rings is 1. The van der Waals surface area contributed by atoms with Gasteiger partial charge in [-0.2, -0.15) is 0 Å². The van der Waals surface area contributed by atoms with E-state index in [9.17, 15) is 0 Å². The number of halogens is 1. The van der Waals surface area contributed by atoms with Crippen molar-refractivity contribution in [2.45, 2.75) is 79.2 Å². The van der Waals surface area contributed by atoms with Gasteiger partial charge in [-0.1, -0.05) is 76.1 Å². The molecule has 5 atom stereocenters. The number of quaternary nitrogens is 1. The molecule has 0 radical (unpaired) electrons. The summed E-state index contributed by atoms with van der Waals surface area (Å²) < 4.78 is 1.10. The molecule has 0 heterocycles. The molecule has 4 rings (SSSR count). The van der Waals surface area contributed by atoms with E-state index in [1.54, 1.807) is 0 Å². The zero-order valence-electron chi connectivity index (χ0n) is 21.0. The molecule has 0 aromatic heterocycles. The van der Waals surface area contributed by atoms with E-state index >= 15 is 0 Å². The molecule has 0 spiro atoms. The van der Waals surface area contributed by atoms with E-state index in [-0.39, 0.29) is 12.4 Å². The Morgan fingerprint density at radius 1 is 1.03 bits per heavy atom. The molecule has 1 aromatic carbocycles. The standard InChI is InChI=1S/C29H46N.ClH/c1-22(2)24-13-15-26-25(19-24)14-16-27-28(3,17-10-18-29(26,27)4)21-30(5,6)20-23-11-8-7-9-12-23;/h7-9,11-12,14,22,24,26-27H,10,13,15-21H2,1-6H3;1H/q+1;/p-1/t24?,26-,27?,28-,29-;/m1./s1. The van der Waals surface area contributed by atoms with Crippen LogP contribution in [0.4, 0.5) is 0 Å². The second-order valence-corrected chi connectivity index (χ2v) is 12.7. The minimum atomic E-state index is 0. The van der Waals surface area contributed by atoms with Gasteiger partial charge < -0.3 is 16.9 Å². The molecule has 0 aliphatic heterocycles. The normalized spacial score (nSPS) is 35.6. The Hall–Kier alpha value is -0.790. The van der Waals surface area contributed by atoms with Crippen LogP contribution in [0.3, 0.4) is 0 Å². The van der Waals surface area contributed by atoms with E-state index in [4.69, 9.17) is 0 Å². The SMILES string of the molecule is CC(C)C1CC[C@@H]2C(=CCC3[C@@](C)(C[N+](C)(C)Cc4ccccc4)CCC[C@@]32C)C1.[Cl-]. The number of rotatable bonds is 5. The molecule has 0 N–H and O–H groups in total. The number of fused-ring (bicyclic) bond motifs is 3. The summed E-state index contributed by atoms with van der Waals surface area (Å²) in [5, 5.41) is 0. The van der Waals surface area contributed by atoms with Gasteiger partial charge in [0.15, 0.2) is 0 Å². The fraction of sp³-hybridized carbons (Fsp3) is 0.724. The lowest BCUT2D eigenvalue weighted by Gasteiger charge is -2.60. The maximum Gasteiger partial charge on any atom is 0.104 e. The number of allylic oxidation sites excluding steroid dienone is 2. The smallest absolute Gasteiger partial charge is 0.104 e. The molecular weight excluding hydrogens is 398 g/mol. The van der Waals surface area contributed by atoms with Crippen LogP contribution >= 0.6 is 0 Å². The minimum absolute atomic E-state index is 0. The first-order chi connectivity index (χ1) is 14.1. The molecule has 0 saturated heterocycles. The molecule has 0 amide bonds. The zero-order valence-corrected chi connectivity index (χ0v) is 21.7. The van der Waals surface area contributed by atoms with Crippen LogP contribution in [0.2, 0.25) is 0 Å². The average molecular weight is 444 g/mol. The molecule has 1 aromatic rings. The van der Waals surface area contributed by atoms with Gasteiger partial charge in [0.05, 0.1) is 20.6 Å². The van der Waals surface area contributed by atoms with E-state index in [0.717, 1.165) is 34.7 Å². The van der Waals surface area contributed by atoms with Crippen LogP contribution in [-0.2, 0) is 6.54 Å². The minimum Gasteiger partial charge on any atom is -1.00 e. The highest BCUT2D eigenvalue weighted by Crippen LogP contribution is 2.63. The van der Waals surface area contributed by atoms with Crippen LogP contribution in [-0.4, -0.2) is 25.1 Å². The van der Waals surface area contributed by atoms with E-state index in [1.807, 2.05) is 5.57 Å². The molecule has 3 aliphatic carbocycles. The van der Waals surface area contributed by atoms with Gasteiger partial charge in [0.2, 0.25) is 0 Å². The highest BCUT2D eigenvalue weighted by molar-refractivity contribution is 5.22. The third kappa shape index (κ3) is 4.93. The van der Waals surface area contributed by atoms with Gasteiger partial charge >= 0.3 is 0 Å². The molecule has 2 saturated carbocycles. The molecule has 1 nitrogen and oxygen atoms in total. The molecule has 2 heteroatoms. The van der Waals surface area contributed by atoms with Crippen LogP contribution in [0.25, 0.3) is 0 Å². The summed E-state index contributed by atoms with van der Waals surface area (Å²) in [4.78, 5) is 0. The predicted molar refractivity (Wildman–Crippen MR) is 129 cm³/mol.